The maximum absolute atomic E-state index is 2.47. The molecule has 0 aromatic heterocycles. The third-order valence-corrected chi connectivity index (χ3v) is 4.17. The van der Waals surface area contributed by atoms with Gasteiger partial charge in [-0.3, -0.25) is 0 Å². The third kappa shape index (κ3) is 3.30. The van der Waals surface area contributed by atoms with Crippen molar-refractivity contribution < 1.29 is 0 Å². The van der Waals surface area contributed by atoms with Crippen molar-refractivity contribution in [2.24, 2.45) is 0 Å². The zero-order valence-corrected chi connectivity index (χ0v) is 13.4. The quantitative estimate of drug-likeness (QED) is 0.616. The Morgan fingerprint density at radius 3 is 2.18 bits per heavy atom. The van der Waals surface area contributed by atoms with Crippen LogP contribution in [0, 0.1) is 0 Å². The molecule has 0 N–H and O–H groups in total. The Balaban J connectivity index is 1.76. The van der Waals surface area contributed by atoms with Gasteiger partial charge in [0.05, 0.1) is 0 Å². The molecule has 0 heterocycles. The Labute approximate surface area is 133 Å². The van der Waals surface area contributed by atoms with Gasteiger partial charge >= 0.3 is 0 Å². The van der Waals surface area contributed by atoms with E-state index in [1.54, 1.807) is 0 Å². The van der Waals surface area contributed by atoms with Gasteiger partial charge in [-0.1, -0.05) is 60.7 Å². The van der Waals surface area contributed by atoms with Crippen molar-refractivity contribution in [3.05, 3.63) is 78.4 Å². The molecule has 1 heteroatoms. The molecule has 0 bridgehead atoms. The lowest BCUT2D eigenvalue weighted by molar-refractivity contribution is 0.679. The molecule has 0 aliphatic rings. The van der Waals surface area contributed by atoms with E-state index in [-0.39, 0.29) is 0 Å². The highest BCUT2D eigenvalue weighted by Crippen LogP contribution is 2.19. The van der Waals surface area contributed by atoms with Crippen molar-refractivity contribution in [2.75, 3.05) is 11.4 Å². The molecule has 112 valence electrons. The molecule has 22 heavy (non-hydrogen) atoms. The van der Waals surface area contributed by atoms with E-state index in [9.17, 15) is 0 Å². The molecule has 0 saturated carbocycles. The predicted octanol–water partition coefficient (Wildman–Crippen LogP) is 5.30. The fraction of sp³-hybridized carbons (Fsp3) is 0.238. The van der Waals surface area contributed by atoms with Crippen molar-refractivity contribution in [2.45, 2.75) is 26.3 Å². The van der Waals surface area contributed by atoms with E-state index < -0.39 is 0 Å². The standard InChI is InChI=1S/C21H23N/c1-17(2)22(21-10-4-3-5-11-21)15-14-18-12-13-19-8-6-7-9-20(19)16-18/h3-13,16-17H,14-15H2,1-2H3. The largest absolute Gasteiger partial charge is 0.369 e. The first-order valence-corrected chi connectivity index (χ1v) is 8.03. The molecular formula is C21H23N. The second-order valence-electron chi connectivity index (χ2n) is 6.05. The molecule has 0 spiro atoms. The van der Waals surface area contributed by atoms with E-state index in [0.717, 1.165) is 13.0 Å². The topological polar surface area (TPSA) is 3.24 Å². The third-order valence-electron chi connectivity index (χ3n) is 4.17. The second kappa shape index (κ2) is 6.65. The summed E-state index contributed by atoms with van der Waals surface area (Å²) in [6, 6.07) is 26.6. The minimum atomic E-state index is 0.503. The highest BCUT2D eigenvalue weighted by Gasteiger charge is 2.10. The molecule has 0 aliphatic heterocycles. The van der Waals surface area contributed by atoms with Gasteiger partial charge in [-0.05, 0) is 48.7 Å². The van der Waals surface area contributed by atoms with Crippen LogP contribution >= 0.6 is 0 Å². The second-order valence-corrected chi connectivity index (χ2v) is 6.05. The molecule has 3 aromatic carbocycles. The van der Waals surface area contributed by atoms with Crippen LogP contribution in [0.4, 0.5) is 5.69 Å². The lowest BCUT2D eigenvalue weighted by Gasteiger charge is -2.29. The summed E-state index contributed by atoms with van der Waals surface area (Å²) in [5, 5.41) is 2.64. The lowest BCUT2D eigenvalue weighted by Crippen LogP contribution is -2.32. The first-order chi connectivity index (χ1) is 10.7. The van der Waals surface area contributed by atoms with Crippen LogP contribution in [-0.2, 0) is 6.42 Å². The van der Waals surface area contributed by atoms with Crippen LogP contribution in [0.2, 0.25) is 0 Å². The Bertz CT molecular complexity index is 731. The fourth-order valence-corrected chi connectivity index (χ4v) is 2.95. The van der Waals surface area contributed by atoms with Gasteiger partial charge in [-0.2, -0.15) is 0 Å². The minimum Gasteiger partial charge on any atom is -0.369 e. The average Bonchev–Trinajstić information content (AvgIpc) is 2.55. The number of benzene rings is 3. The van der Waals surface area contributed by atoms with Crippen LogP contribution < -0.4 is 4.90 Å². The normalized spacial score (nSPS) is 11.0. The Hall–Kier alpha value is -2.28. The van der Waals surface area contributed by atoms with Crippen molar-refractivity contribution in [3.8, 4) is 0 Å². The Kier molecular flexibility index (Phi) is 4.43. The van der Waals surface area contributed by atoms with E-state index in [4.69, 9.17) is 0 Å². The summed E-state index contributed by atoms with van der Waals surface area (Å²) in [5.41, 5.74) is 2.71. The number of nitrogens with zero attached hydrogens (tertiary/aromatic N) is 1. The van der Waals surface area contributed by atoms with Gasteiger partial charge in [-0.15, -0.1) is 0 Å². The summed E-state index contributed by atoms with van der Waals surface area (Å²) < 4.78 is 0. The van der Waals surface area contributed by atoms with Gasteiger partial charge in [0.2, 0.25) is 0 Å². The highest BCUT2D eigenvalue weighted by atomic mass is 15.1. The molecule has 3 rings (SSSR count). The van der Waals surface area contributed by atoms with Gasteiger partial charge in [0.1, 0.15) is 0 Å². The molecule has 0 atom stereocenters. The smallest absolute Gasteiger partial charge is 0.0368 e. The summed E-state index contributed by atoms with van der Waals surface area (Å²) in [5.74, 6) is 0. The molecule has 0 aliphatic carbocycles. The molecule has 0 radical (unpaired) electrons. The summed E-state index contributed by atoms with van der Waals surface area (Å²) in [6.07, 6.45) is 1.07. The first kappa shape index (κ1) is 14.6. The summed E-state index contributed by atoms with van der Waals surface area (Å²) in [7, 11) is 0. The number of hydrogen-bond donors (Lipinski definition) is 0. The van der Waals surface area contributed by atoms with Gasteiger partial charge in [0, 0.05) is 18.3 Å². The molecule has 0 saturated heterocycles. The molecule has 0 unspecified atom stereocenters. The summed E-state index contributed by atoms with van der Waals surface area (Å²) in [6.45, 7) is 5.56. The summed E-state index contributed by atoms with van der Waals surface area (Å²) >= 11 is 0. The van der Waals surface area contributed by atoms with Crippen molar-refractivity contribution >= 4 is 16.5 Å². The van der Waals surface area contributed by atoms with Gasteiger partial charge < -0.3 is 4.90 Å². The average molecular weight is 289 g/mol. The van der Waals surface area contributed by atoms with Crippen LogP contribution in [0.3, 0.4) is 0 Å². The van der Waals surface area contributed by atoms with Gasteiger partial charge in [0.25, 0.3) is 0 Å². The number of para-hydroxylation sites is 1. The zero-order chi connectivity index (χ0) is 15.4. The maximum Gasteiger partial charge on any atom is 0.0368 e. The highest BCUT2D eigenvalue weighted by molar-refractivity contribution is 5.83. The number of hydrogen-bond acceptors (Lipinski definition) is 1. The van der Waals surface area contributed by atoms with Gasteiger partial charge in [-0.25, -0.2) is 0 Å². The van der Waals surface area contributed by atoms with E-state index in [1.165, 1.54) is 22.0 Å². The number of anilines is 1. The van der Waals surface area contributed by atoms with Crippen molar-refractivity contribution in [3.63, 3.8) is 0 Å². The van der Waals surface area contributed by atoms with E-state index >= 15 is 0 Å². The van der Waals surface area contributed by atoms with Crippen LogP contribution in [0.1, 0.15) is 19.4 Å². The Morgan fingerprint density at radius 2 is 1.45 bits per heavy atom. The number of rotatable bonds is 5. The fourth-order valence-electron chi connectivity index (χ4n) is 2.95. The van der Waals surface area contributed by atoms with E-state index in [0.29, 0.717) is 6.04 Å². The predicted molar refractivity (Wildman–Crippen MR) is 96.6 cm³/mol. The molecule has 0 amide bonds. The van der Waals surface area contributed by atoms with Crippen LogP contribution in [0.15, 0.2) is 72.8 Å². The lowest BCUT2D eigenvalue weighted by atomic mass is 10.0. The SMILES string of the molecule is CC(C)N(CCc1ccc2ccccc2c1)c1ccccc1. The van der Waals surface area contributed by atoms with Crippen LogP contribution in [-0.4, -0.2) is 12.6 Å². The van der Waals surface area contributed by atoms with Crippen LogP contribution in [0.25, 0.3) is 10.8 Å². The number of fused-ring (bicyclic) bond motifs is 1. The minimum absolute atomic E-state index is 0.503. The molecule has 3 aromatic rings. The monoisotopic (exact) mass is 289 g/mol. The Morgan fingerprint density at radius 1 is 0.773 bits per heavy atom. The maximum atomic E-state index is 2.47. The van der Waals surface area contributed by atoms with E-state index in [2.05, 4.69) is 91.5 Å². The molecule has 0 fully saturated rings. The zero-order valence-electron chi connectivity index (χ0n) is 13.4. The van der Waals surface area contributed by atoms with Gasteiger partial charge in [0.15, 0.2) is 0 Å². The van der Waals surface area contributed by atoms with Crippen LogP contribution in [0.5, 0.6) is 0 Å². The van der Waals surface area contributed by atoms with E-state index in [1.807, 2.05) is 0 Å². The van der Waals surface area contributed by atoms with Crippen molar-refractivity contribution in [1.29, 1.82) is 0 Å². The van der Waals surface area contributed by atoms with Crippen molar-refractivity contribution in [1.82, 2.24) is 0 Å². The summed E-state index contributed by atoms with van der Waals surface area (Å²) in [4.78, 5) is 2.47. The first-order valence-electron chi connectivity index (χ1n) is 8.03. The molecule has 1 nitrogen and oxygen atoms in total. The molecular weight excluding hydrogens is 266 g/mol.